The zero-order chi connectivity index (χ0) is 27.7. The number of benzene rings is 2. The van der Waals surface area contributed by atoms with Gasteiger partial charge in [-0.05, 0) is 25.6 Å². The molecule has 1 aromatic heterocycles. The van der Waals surface area contributed by atoms with Gasteiger partial charge in [-0.1, -0.05) is 23.2 Å². The molecule has 0 amide bonds. The maximum absolute atomic E-state index is 9.74. The lowest BCUT2D eigenvalue weighted by atomic mass is 10.1. The topological polar surface area (TPSA) is 103 Å². The highest BCUT2D eigenvalue weighted by molar-refractivity contribution is 6.43. The van der Waals surface area contributed by atoms with Gasteiger partial charge in [0.25, 0.3) is 0 Å². The lowest BCUT2D eigenvalue weighted by molar-refractivity contribution is 0.145. The lowest BCUT2D eigenvalue weighted by Crippen LogP contribution is -2.44. The Morgan fingerprint density at radius 2 is 1.74 bits per heavy atom. The minimum atomic E-state index is 0.320. The van der Waals surface area contributed by atoms with Crippen LogP contribution in [0.5, 0.6) is 17.2 Å². The minimum Gasteiger partial charge on any atom is -0.495 e. The summed E-state index contributed by atoms with van der Waals surface area (Å²) in [4.78, 5) is 9.29. The average molecular weight is 562 g/mol. The summed E-state index contributed by atoms with van der Waals surface area (Å²) in [5.41, 5.74) is 2.23. The fourth-order valence-electron chi connectivity index (χ4n) is 4.16. The Kier molecular flexibility index (Phi) is 11.1. The van der Waals surface area contributed by atoms with Crippen LogP contribution < -0.4 is 19.5 Å². The normalized spacial score (nSPS) is 13.8. The maximum atomic E-state index is 9.74. The molecule has 0 unspecified atom stereocenters. The van der Waals surface area contributed by atoms with Gasteiger partial charge >= 0.3 is 0 Å². The number of aliphatic hydroxyl groups excluding tert-OH is 1. The second kappa shape index (κ2) is 14.2. The summed E-state index contributed by atoms with van der Waals surface area (Å²) in [7, 11) is 6.26. The molecule has 0 radical (unpaired) electrons. The van der Waals surface area contributed by atoms with E-state index < -0.39 is 0 Å². The number of fused-ring (bicyclic) bond motifs is 1. The van der Waals surface area contributed by atoms with Crippen molar-refractivity contribution in [1.82, 2.24) is 14.8 Å². The highest BCUT2D eigenvalue weighted by atomic mass is 35.5. The predicted octanol–water partition coefficient (Wildman–Crippen LogP) is 4.80. The van der Waals surface area contributed by atoms with Crippen LogP contribution in [-0.4, -0.2) is 87.6 Å². The Labute approximate surface area is 233 Å². The molecule has 2 aromatic carbocycles. The number of anilines is 2. The van der Waals surface area contributed by atoms with E-state index in [4.69, 9.17) is 42.5 Å². The molecule has 9 nitrogen and oxygen atoms in total. The van der Waals surface area contributed by atoms with Crippen molar-refractivity contribution in [3.05, 3.63) is 46.1 Å². The molecule has 0 saturated carbocycles. The molecule has 4 rings (SSSR count). The van der Waals surface area contributed by atoms with Gasteiger partial charge in [-0.15, -0.1) is 0 Å². The van der Waals surface area contributed by atoms with Crippen LogP contribution in [-0.2, 0) is 0 Å². The zero-order valence-electron chi connectivity index (χ0n) is 22.1. The summed E-state index contributed by atoms with van der Waals surface area (Å²) in [6.07, 6.45) is 2.45. The van der Waals surface area contributed by atoms with Crippen LogP contribution in [0.25, 0.3) is 10.9 Å². The SMILES string of the molecule is CO.COc1cc2c(Nc3cc(Cl)c(Cl)c(OC)c3)c(C#N)cnc2cc1OCCCN1CCN(C)CC1. The van der Waals surface area contributed by atoms with Crippen LogP contribution in [0.15, 0.2) is 30.5 Å². The van der Waals surface area contributed by atoms with Crippen molar-refractivity contribution in [3.8, 4) is 23.3 Å². The van der Waals surface area contributed by atoms with E-state index in [0.29, 0.717) is 61.7 Å². The van der Waals surface area contributed by atoms with Gasteiger partial charge in [0.2, 0.25) is 0 Å². The van der Waals surface area contributed by atoms with Crippen LogP contribution >= 0.6 is 23.2 Å². The number of halogens is 2. The highest BCUT2D eigenvalue weighted by Gasteiger charge is 2.17. The monoisotopic (exact) mass is 561 g/mol. The number of nitrogens with one attached hydrogen (secondary N) is 1. The number of methoxy groups -OCH3 is 2. The van der Waals surface area contributed by atoms with Crippen molar-refractivity contribution in [2.24, 2.45) is 0 Å². The first kappa shape index (κ1) is 29.6. The van der Waals surface area contributed by atoms with Crippen molar-refractivity contribution >= 4 is 45.5 Å². The molecule has 0 atom stereocenters. The van der Waals surface area contributed by atoms with E-state index in [0.717, 1.165) is 46.3 Å². The number of nitriles is 1. The molecule has 1 fully saturated rings. The maximum Gasteiger partial charge on any atom is 0.163 e. The molecule has 1 saturated heterocycles. The standard InChI is InChI=1S/C26H29Cl2N5O3.CH4O/c1-32-6-8-33(9-7-32)5-4-10-36-23-14-21-19(13-22(23)34-2)26(17(15-29)16-30-21)31-18-11-20(27)25(28)24(12-18)35-3;1-2/h11-14,16H,4-10H2,1-3H3,(H,30,31);2H,1H3. The third-order valence-corrected chi connectivity index (χ3v) is 7.01. The molecule has 0 spiro atoms. The summed E-state index contributed by atoms with van der Waals surface area (Å²) in [6, 6.07) is 9.26. The van der Waals surface area contributed by atoms with E-state index in [9.17, 15) is 5.26 Å². The number of likely N-dealkylation sites (N-methyl/N-ethyl adjacent to an activating group) is 1. The molecule has 0 bridgehead atoms. The first-order valence-electron chi connectivity index (χ1n) is 12.1. The van der Waals surface area contributed by atoms with Crippen molar-refractivity contribution in [3.63, 3.8) is 0 Å². The number of nitrogens with zero attached hydrogens (tertiary/aromatic N) is 4. The number of hydrogen-bond acceptors (Lipinski definition) is 9. The number of hydrogen-bond donors (Lipinski definition) is 2. The average Bonchev–Trinajstić information content (AvgIpc) is 2.94. The number of ether oxygens (including phenoxy) is 3. The summed E-state index contributed by atoms with van der Waals surface area (Å²) in [5, 5.41) is 21.4. The summed E-state index contributed by atoms with van der Waals surface area (Å²) in [6.45, 7) is 5.93. The van der Waals surface area contributed by atoms with Gasteiger partial charge in [-0.3, -0.25) is 4.98 Å². The first-order valence-corrected chi connectivity index (χ1v) is 12.9. The lowest BCUT2D eigenvalue weighted by Gasteiger charge is -2.32. The molecular formula is C27H33Cl2N5O4. The van der Waals surface area contributed by atoms with E-state index in [-0.39, 0.29) is 0 Å². The van der Waals surface area contributed by atoms with Crippen molar-refractivity contribution in [2.45, 2.75) is 6.42 Å². The van der Waals surface area contributed by atoms with Gasteiger partial charge in [0.15, 0.2) is 11.5 Å². The first-order chi connectivity index (χ1) is 18.4. The van der Waals surface area contributed by atoms with Crippen LogP contribution in [0.2, 0.25) is 10.0 Å². The number of pyridine rings is 1. The summed E-state index contributed by atoms with van der Waals surface area (Å²) in [5.74, 6) is 1.60. The molecule has 204 valence electrons. The second-order valence-corrected chi connectivity index (χ2v) is 9.41. The third-order valence-electron chi connectivity index (χ3n) is 6.23. The molecule has 11 heteroatoms. The fraction of sp³-hybridized carbons (Fsp3) is 0.407. The summed E-state index contributed by atoms with van der Waals surface area (Å²) >= 11 is 12.5. The molecule has 2 heterocycles. The molecule has 3 aromatic rings. The van der Waals surface area contributed by atoms with Crippen LogP contribution in [0.4, 0.5) is 11.4 Å². The van der Waals surface area contributed by atoms with Gasteiger partial charge in [-0.2, -0.15) is 5.26 Å². The van der Waals surface area contributed by atoms with Gasteiger partial charge in [0.1, 0.15) is 16.8 Å². The molecule has 1 aliphatic rings. The van der Waals surface area contributed by atoms with E-state index in [1.807, 2.05) is 12.1 Å². The third kappa shape index (κ3) is 7.10. The van der Waals surface area contributed by atoms with Gasteiger partial charge in [0, 0.05) is 69.2 Å². The Hall–Kier alpha value is -3.00. The van der Waals surface area contributed by atoms with Gasteiger partial charge < -0.3 is 34.4 Å². The largest absolute Gasteiger partial charge is 0.495 e. The number of piperazine rings is 1. The van der Waals surface area contributed by atoms with E-state index in [1.165, 1.54) is 13.3 Å². The summed E-state index contributed by atoms with van der Waals surface area (Å²) < 4.78 is 17.0. The quantitative estimate of drug-likeness (QED) is 0.356. The van der Waals surface area contributed by atoms with Crippen molar-refractivity contribution < 1.29 is 19.3 Å². The van der Waals surface area contributed by atoms with Crippen LogP contribution in [0, 0.1) is 11.3 Å². The molecule has 2 N–H and O–H groups in total. The van der Waals surface area contributed by atoms with Gasteiger partial charge in [0.05, 0.1) is 42.6 Å². The van der Waals surface area contributed by atoms with Crippen molar-refractivity contribution in [2.75, 3.05) is 73.0 Å². The number of aromatic nitrogens is 1. The smallest absolute Gasteiger partial charge is 0.163 e. The Bertz CT molecular complexity index is 1280. The zero-order valence-corrected chi connectivity index (χ0v) is 23.6. The van der Waals surface area contributed by atoms with Crippen LogP contribution in [0.3, 0.4) is 0 Å². The minimum absolute atomic E-state index is 0.320. The Morgan fingerprint density at radius 1 is 1.03 bits per heavy atom. The highest BCUT2D eigenvalue weighted by Crippen LogP contribution is 2.40. The van der Waals surface area contributed by atoms with E-state index in [2.05, 4.69) is 33.2 Å². The number of rotatable bonds is 9. The van der Waals surface area contributed by atoms with Crippen molar-refractivity contribution in [1.29, 1.82) is 5.26 Å². The van der Waals surface area contributed by atoms with E-state index >= 15 is 0 Å². The molecular weight excluding hydrogens is 529 g/mol. The van der Waals surface area contributed by atoms with E-state index in [1.54, 1.807) is 19.2 Å². The number of aliphatic hydroxyl groups is 1. The second-order valence-electron chi connectivity index (χ2n) is 8.63. The predicted molar refractivity (Wildman–Crippen MR) is 151 cm³/mol. The Balaban J connectivity index is 0.00000195. The Morgan fingerprint density at radius 3 is 2.39 bits per heavy atom. The molecule has 38 heavy (non-hydrogen) atoms. The fourth-order valence-corrected chi connectivity index (χ4v) is 4.56. The molecule has 1 aliphatic heterocycles. The van der Waals surface area contributed by atoms with Crippen LogP contribution in [0.1, 0.15) is 12.0 Å². The van der Waals surface area contributed by atoms with Gasteiger partial charge in [-0.25, -0.2) is 0 Å². The molecule has 0 aliphatic carbocycles.